The maximum Gasteiger partial charge on any atom is 0.123 e. The van der Waals surface area contributed by atoms with Gasteiger partial charge in [0.05, 0.1) is 22.4 Å². The first-order valence-corrected chi connectivity index (χ1v) is 7.84. The number of likely N-dealkylation sites (N-methyl/N-ethyl adjacent to an activating group) is 1. The second kappa shape index (κ2) is 6.28. The molecule has 0 radical (unpaired) electrons. The monoisotopic (exact) mass is 353 g/mol. The van der Waals surface area contributed by atoms with Crippen molar-refractivity contribution < 1.29 is 4.39 Å². The van der Waals surface area contributed by atoms with Crippen LogP contribution in [0.1, 0.15) is 38.1 Å². The Balaban J connectivity index is 2.48. The lowest BCUT2D eigenvalue weighted by Crippen LogP contribution is -2.38. The number of hydrogen-bond donors (Lipinski definition) is 1. The first-order chi connectivity index (χ1) is 9.87. The third kappa shape index (κ3) is 3.19. The number of aryl methyl sites for hydroxylation is 1. The fourth-order valence-electron chi connectivity index (χ4n) is 2.69. The molecule has 1 heterocycles. The van der Waals surface area contributed by atoms with Crippen LogP contribution in [0.4, 0.5) is 4.39 Å². The minimum absolute atomic E-state index is 0.0647. The highest BCUT2D eigenvalue weighted by Crippen LogP contribution is 2.39. The zero-order chi connectivity index (χ0) is 15.6. The molecule has 2 rings (SSSR count). The zero-order valence-electron chi connectivity index (χ0n) is 12.8. The Morgan fingerprint density at radius 1 is 1.33 bits per heavy atom. The number of hydrogen-bond acceptors (Lipinski definition) is 2. The number of nitrogens with zero attached hydrogens (tertiary/aromatic N) is 2. The molecule has 1 unspecified atom stereocenters. The number of halogens is 2. The van der Waals surface area contributed by atoms with Gasteiger partial charge in [0.2, 0.25) is 0 Å². The molecule has 0 amide bonds. The largest absolute Gasteiger partial charge is 0.308 e. The third-order valence-electron chi connectivity index (χ3n) is 3.93. The van der Waals surface area contributed by atoms with Gasteiger partial charge in [-0.2, -0.15) is 5.10 Å². The Hall–Kier alpha value is -1.20. The molecule has 1 atom stereocenters. The van der Waals surface area contributed by atoms with Crippen LogP contribution in [0, 0.1) is 5.82 Å². The second-order valence-corrected chi connectivity index (χ2v) is 6.57. The number of nitrogens with one attached hydrogen (secondary N) is 1. The Kier molecular flexibility index (Phi) is 4.84. The lowest BCUT2D eigenvalue weighted by Gasteiger charge is -2.36. The van der Waals surface area contributed by atoms with Crippen molar-refractivity contribution in [2.45, 2.75) is 32.2 Å². The molecule has 3 nitrogen and oxygen atoms in total. The van der Waals surface area contributed by atoms with Crippen LogP contribution in [-0.2, 0) is 12.5 Å². The van der Waals surface area contributed by atoms with E-state index in [-0.39, 0.29) is 17.3 Å². The predicted octanol–water partition coefficient (Wildman–Crippen LogP) is 3.95. The lowest BCUT2D eigenvalue weighted by molar-refractivity contribution is 0.336. The molecular weight excluding hydrogens is 333 g/mol. The summed E-state index contributed by atoms with van der Waals surface area (Å²) in [7, 11) is 1.94. The number of benzene rings is 1. The van der Waals surface area contributed by atoms with E-state index in [9.17, 15) is 4.39 Å². The van der Waals surface area contributed by atoms with Crippen LogP contribution in [0.15, 0.2) is 34.9 Å². The molecule has 1 N–H and O–H groups in total. The van der Waals surface area contributed by atoms with Gasteiger partial charge in [-0.25, -0.2) is 4.39 Å². The van der Waals surface area contributed by atoms with Crippen LogP contribution in [0.25, 0.3) is 0 Å². The summed E-state index contributed by atoms with van der Waals surface area (Å²) < 4.78 is 16.0. The smallest absolute Gasteiger partial charge is 0.123 e. The maximum absolute atomic E-state index is 13.2. The molecule has 0 aliphatic carbocycles. The van der Waals surface area contributed by atoms with Crippen molar-refractivity contribution >= 4 is 15.9 Å². The van der Waals surface area contributed by atoms with Gasteiger partial charge >= 0.3 is 0 Å². The van der Waals surface area contributed by atoms with Crippen LogP contribution in [-0.4, -0.2) is 16.3 Å². The van der Waals surface area contributed by atoms with Gasteiger partial charge in [-0.05, 0) is 40.2 Å². The van der Waals surface area contributed by atoms with Crippen LogP contribution < -0.4 is 5.32 Å². The molecule has 0 aliphatic heterocycles. The van der Waals surface area contributed by atoms with Crippen molar-refractivity contribution in [1.82, 2.24) is 15.1 Å². The van der Waals surface area contributed by atoms with E-state index in [1.165, 1.54) is 12.1 Å². The highest BCUT2D eigenvalue weighted by Gasteiger charge is 2.35. The van der Waals surface area contributed by atoms with Gasteiger partial charge < -0.3 is 5.32 Å². The molecule has 114 valence electrons. The maximum atomic E-state index is 13.2. The molecule has 0 aliphatic rings. The van der Waals surface area contributed by atoms with Crippen LogP contribution in [0.2, 0.25) is 0 Å². The molecule has 1 aromatic heterocycles. The number of rotatable bonds is 5. The molecule has 5 heteroatoms. The summed E-state index contributed by atoms with van der Waals surface area (Å²) in [6.07, 6.45) is 1.81. The SMILES string of the molecule is CCNC(c1c(Br)cnn1C)C(C)(C)c1ccc(F)cc1. The van der Waals surface area contributed by atoms with Gasteiger partial charge in [0.25, 0.3) is 0 Å². The summed E-state index contributed by atoms with van der Waals surface area (Å²) >= 11 is 3.58. The quantitative estimate of drug-likeness (QED) is 0.881. The Morgan fingerprint density at radius 2 is 1.95 bits per heavy atom. The fraction of sp³-hybridized carbons (Fsp3) is 0.438. The van der Waals surface area contributed by atoms with E-state index < -0.39 is 0 Å². The average Bonchev–Trinajstić information content (AvgIpc) is 2.76. The predicted molar refractivity (Wildman–Crippen MR) is 86.8 cm³/mol. The van der Waals surface area contributed by atoms with Gasteiger partial charge in [0.15, 0.2) is 0 Å². The normalized spacial score (nSPS) is 13.4. The summed E-state index contributed by atoms with van der Waals surface area (Å²) in [6, 6.07) is 6.79. The lowest BCUT2D eigenvalue weighted by atomic mass is 9.76. The summed E-state index contributed by atoms with van der Waals surface area (Å²) in [5.74, 6) is -0.212. The van der Waals surface area contributed by atoms with Crippen molar-refractivity contribution in [3.8, 4) is 0 Å². The van der Waals surface area contributed by atoms with Gasteiger partial charge in [-0.15, -0.1) is 0 Å². The molecule has 2 aromatic rings. The van der Waals surface area contributed by atoms with Crippen molar-refractivity contribution in [3.63, 3.8) is 0 Å². The summed E-state index contributed by atoms with van der Waals surface area (Å²) in [4.78, 5) is 0. The Labute approximate surface area is 133 Å². The molecule has 0 spiro atoms. The Bertz CT molecular complexity index is 585. The molecule has 21 heavy (non-hydrogen) atoms. The summed E-state index contributed by atoms with van der Waals surface area (Å²) in [5.41, 5.74) is 1.97. The molecule has 0 saturated carbocycles. The van der Waals surface area contributed by atoms with E-state index in [1.807, 2.05) is 23.9 Å². The van der Waals surface area contributed by atoms with Crippen molar-refractivity contribution in [3.05, 3.63) is 52.0 Å². The topological polar surface area (TPSA) is 29.9 Å². The minimum atomic E-state index is -0.212. The first kappa shape index (κ1) is 16.2. The van der Waals surface area contributed by atoms with Crippen molar-refractivity contribution in [2.75, 3.05) is 6.54 Å². The van der Waals surface area contributed by atoms with Crippen LogP contribution in [0.5, 0.6) is 0 Å². The van der Waals surface area contributed by atoms with Crippen LogP contribution >= 0.6 is 15.9 Å². The average molecular weight is 354 g/mol. The van der Waals surface area contributed by atoms with E-state index in [0.29, 0.717) is 0 Å². The molecular formula is C16H21BrFN3. The van der Waals surface area contributed by atoms with E-state index in [2.05, 4.69) is 47.1 Å². The van der Waals surface area contributed by atoms with E-state index in [4.69, 9.17) is 0 Å². The standard InChI is InChI=1S/C16H21BrFN3/c1-5-19-15(14-13(17)10-20-21(14)4)16(2,3)11-6-8-12(18)9-7-11/h6-10,15,19H,5H2,1-4H3. The van der Waals surface area contributed by atoms with Crippen molar-refractivity contribution in [2.24, 2.45) is 7.05 Å². The van der Waals surface area contributed by atoms with E-state index in [0.717, 1.165) is 22.3 Å². The summed E-state index contributed by atoms with van der Waals surface area (Å²) in [6.45, 7) is 7.24. The first-order valence-electron chi connectivity index (χ1n) is 7.04. The van der Waals surface area contributed by atoms with Gasteiger partial charge in [0.1, 0.15) is 5.82 Å². The summed E-state index contributed by atoms with van der Waals surface area (Å²) in [5, 5.41) is 7.85. The van der Waals surface area contributed by atoms with E-state index >= 15 is 0 Å². The minimum Gasteiger partial charge on any atom is -0.308 e. The number of aromatic nitrogens is 2. The van der Waals surface area contributed by atoms with Crippen molar-refractivity contribution in [1.29, 1.82) is 0 Å². The molecule has 1 aromatic carbocycles. The fourth-order valence-corrected chi connectivity index (χ4v) is 3.27. The molecule has 0 fully saturated rings. The van der Waals surface area contributed by atoms with Gasteiger partial charge in [-0.3, -0.25) is 4.68 Å². The second-order valence-electron chi connectivity index (χ2n) is 5.72. The van der Waals surface area contributed by atoms with Crippen LogP contribution in [0.3, 0.4) is 0 Å². The third-order valence-corrected chi connectivity index (χ3v) is 4.54. The van der Waals surface area contributed by atoms with Gasteiger partial charge in [0, 0.05) is 12.5 Å². The Morgan fingerprint density at radius 3 is 2.43 bits per heavy atom. The van der Waals surface area contributed by atoms with Gasteiger partial charge in [-0.1, -0.05) is 32.9 Å². The molecule has 0 saturated heterocycles. The van der Waals surface area contributed by atoms with E-state index in [1.54, 1.807) is 6.20 Å². The molecule has 0 bridgehead atoms. The highest BCUT2D eigenvalue weighted by molar-refractivity contribution is 9.10. The zero-order valence-corrected chi connectivity index (χ0v) is 14.4. The highest BCUT2D eigenvalue weighted by atomic mass is 79.9.